The molecule has 0 fully saturated rings. The number of aliphatic imine (C=N–C) groups is 1. The summed E-state index contributed by atoms with van der Waals surface area (Å²) in [6, 6.07) is 4.60. The minimum Gasteiger partial charge on any atom is -0.378 e. The molecule has 2 aromatic rings. The third kappa shape index (κ3) is 4.49. The summed E-state index contributed by atoms with van der Waals surface area (Å²) in [5.41, 5.74) is 0.984. The highest BCUT2D eigenvalue weighted by Crippen LogP contribution is 2.31. The molecule has 1 amide bonds. The second-order valence-corrected chi connectivity index (χ2v) is 7.69. The second-order valence-electron chi connectivity index (χ2n) is 6.88. The molecule has 3 rings (SSSR count). The number of hydrogen-bond donors (Lipinski definition) is 2. The molecular weight excluding hydrogens is 417 g/mol. The Bertz CT molecular complexity index is 1070. The molecule has 0 unspecified atom stereocenters. The quantitative estimate of drug-likeness (QED) is 0.677. The van der Waals surface area contributed by atoms with Gasteiger partial charge < -0.3 is 10.6 Å². The van der Waals surface area contributed by atoms with Crippen LogP contribution in [0.15, 0.2) is 28.0 Å². The van der Waals surface area contributed by atoms with E-state index in [9.17, 15) is 14.4 Å². The number of nitrogens with zero attached hydrogens (tertiary/aromatic N) is 3. The number of aryl methyl sites for hydroxylation is 1. The maximum absolute atomic E-state index is 13.0. The lowest BCUT2D eigenvalue weighted by Crippen LogP contribution is -2.29. The van der Waals surface area contributed by atoms with Gasteiger partial charge in [-0.1, -0.05) is 37.0 Å². The van der Waals surface area contributed by atoms with Crippen LogP contribution in [-0.4, -0.2) is 40.4 Å². The summed E-state index contributed by atoms with van der Waals surface area (Å²) in [6.45, 7) is 4.12. The fourth-order valence-electron chi connectivity index (χ4n) is 2.87. The molecule has 10 heteroatoms. The highest BCUT2D eigenvalue weighted by molar-refractivity contribution is 6.41. The van der Waals surface area contributed by atoms with Crippen molar-refractivity contribution in [3.05, 3.63) is 55.4 Å². The number of amides is 1. The van der Waals surface area contributed by atoms with E-state index in [1.165, 1.54) is 13.1 Å². The summed E-state index contributed by atoms with van der Waals surface area (Å²) in [7, 11) is 1.49. The standard InChI is InChI=1S/C19H19Cl2N5O3/c1-9(2)11-6-14(25-26(3)19(11)29)18(28)17-12(20)4-10(5-13(17)21)22-7-15-23-8-16(27)24-15/h4-6,9,22H,7-8H2,1-3H3,(H,23,24,27). The maximum atomic E-state index is 13.0. The lowest BCUT2D eigenvalue weighted by atomic mass is 10.0. The number of carbonyl (C=O) groups is 2. The third-order valence-electron chi connectivity index (χ3n) is 4.37. The van der Waals surface area contributed by atoms with E-state index in [2.05, 4.69) is 20.7 Å². The molecule has 0 atom stereocenters. The average molecular weight is 436 g/mol. The first kappa shape index (κ1) is 21.0. The highest BCUT2D eigenvalue weighted by atomic mass is 35.5. The molecule has 2 N–H and O–H groups in total. The van der Waals surface area contributed by atoms with Crippen LogP contribution in [0.1, 0.15) is 41.4 Å². The van der Waals surface area contributed by atoms with E-state index in [0.717, 1.165) is 4.68 Å². The van der Waals surface area contributed by atoms with Gasteiger partial charge in [0.1, 0.15) is 18.1 Å². The summed E-state index contributed by atoms with van der Waals surface area (Å²) in [5.74, 6) is -0.196. The molecule has 0 bridgehead atoms. The van der Waals surface area contributed by atoms with Crippen LogP contribution in [0.5, 0.6) is 0 Å². The predicted molar refractivity (Wildman–Crippen MR) is 112 cm³/mol. The van der Waals surface area contributed by atoms with E-state index in [1.807, 2.05) is 13.8 Å². The Balaban J connectivity index is 1.88. The minimum absolute atomic E-state index is 0.0697. The zero-order valence-electron chi connectivity index (χ0n) is 16.0. The van der Waals surface area contributed by atoms with Crippen LogP contribution in [0.2, 0.25) is 10.0 Å². The van der Waals surface area contributed by atoms with Crippen LogP contribution in [0.25, 0.3) is 0 Å². The molecule has 0 saturated carbocycles. The van der Waals surface area contributed by atoms with Gasteiger partial charge in [0.25, 0.3) is 5.56 Å². The van der Waals surface area contributed by atoms with Crippen molar-refractivity contribution in [1.29, 1.82) is 0 Å². The number of anilines is 1. The topological polar surface area (TPSA) is 105 Å². The van der Waals surface area contributed by atoms with Gasteiger partial charge in [-0.3, -0.25) is 19.4 Å². The summed E-state index contributed by atoms with van der Waals surface area (Å²) >= 11 is 12.7. The summed E-state index contributed by atoms with van der Waals surface area (Å²) in [6.07, 6.45) is 0. The molecule has 1 aliphatic rings. The van der Waals surface area contributed by atoms with E-state index in [1.54, 1.807) is 12.1 Å². The molecule has 8 nitrogen and oxygen atoms in total. The van der Waals surface area contributed by atoms with Gasteiger partial charge in [-0.25, -0.2) is 4.68 Å². The van der Waals surface area contributed by atoms with Crippen molar-refractivity contribution in [2.45, 2.75) is 19.8 Å². The second kappa shape index (κ2) is 8.34. The number of ketones is 1. The molecule has 0 aliphatic carbocycles. The van der Waals surface area contributed by atoms with E-state index < -0.39 is 5.78 Å². The molecule has 1 aromatic heterocycles. The number of nitrogens with one attached hydrogen (secondary N) is 2. The van der Waals surface area contributed by atoms with Gasteiger partial charge in [0.2, 0.25) is 11.7 Å². The molecule has 1 aromatic carbocycles. The van der Waals surface area contributed by atoms with Gasteiger partial charge >= 0.3 is 0 Å². The smallest absolute Gasteiger partial charge is 0.269 e. The fraction of sp³-hybridized carbons (Fsp3) is 0.316. The van der Waals surface area contributed by atoms with E-state index in [0.29, 0.717) is 17.1 Å². The van der Waals surface area contributed by atoms with Crippen molar-refractivity contribution in [2.24, 2.45) is 12.0 Å². The van der Waals surface area contributed by atoms with Crippen LogP contribution < -0.4 is 16.2 Å². The molecule has 29 heavy (non-hydrogen) atoms. The first-order chi connectivity index (χ1) is 13.7. The van der Waals surface area contributed by atoms with Crippen LogP contribution in [0.4, 0.5) is 5.69 Å². The van der Waals surface area contributed by atoms with Crippen molar-refractivity contribution >= 4 is 46.4 Å². The molecule has 2 heterocycles. The molecule has 0 saturated heterocycles. The number of benzene rings is 1. The van der Waals surface area contributed by atoms with Crippen LogP contribution in [0, 0.1) is 0 Å². The maximum Gasteiger partial charge on any atom is 0.269 e. The number of rotatable bonds is 6. The van der Waals surface area contributed by atoms with Gasteiger partial charge in [-0.05, 0) is 24.1 Å². The number of hydrogen-bond acceptors (Lipinski definition) is 6. The monoisotopic (exact) mass is 435 g/mol. The number of halogens is 2. The largest absolute Gasteiger partial charge is 0.378 e. The van der Waals surface area contributed by atoms with E-state index in [4.69, 9.17) is 23.2 Å². The van der Waals surface area contributed by atoms with Gasteiger partial charge in [0.05, 0.1) is 22.2 Å². The first-order valence-corrected chi connectivity index (χ1v) is 9.62. The SMILES string of the molecule is CC(C)c1cc(C(=O)c2c(Cl)cc(NCC3=NCC(=O)N3)cc2Cl)nn(C)c1=O. The number of carbonyl (C=O) groups excluding carboxylic acids is 2. The minimum atomic E-state index is -0.475. The molecule has 0 spiro atoms. The average Bonchev–Trinajstić information content (AvgIpc) is 3.06. The molecule has 152 valence electrons. The third-order valence-corrected chi connectivity index (χ3v) is 4.97. The van der Waals surface area contributed by atoms with Crippen LogP contribution >= 0.6 is 23.2 Å². The van der Waals surface area contributed by atoms with Crippen LogP contribution in [-0.2, 0) is 11.8 Å². The summed E-state index contributed by atoms with van der Waals surface area (Å²) < 4.78 is 1.14. The van der Waals surface area contributed by atoms with Crippen molar-refractivity contribution in [1.82, 2.24) is 15.1 Å². The predicted octanol–water partition coefficient (Wildman–Crippen LogP) is 2.38. The highest BCUT2D eigenvalue weighted by Gasteiger charge is 2.22. The number of amidine groups is 1. The van der Waals surface area contributed by atoms with E-state index >= 15 is 0 Å². The van der Waals surface area contributed by atoms with Crippen molar-refractivity contribution in [3.8, 4) is 0 Å². The lowest BCUT2D eigenvalue weighted by molar-refractivity contribution is -0.117. The van der Waals surface area contributed by atoms with Gasteiger partial charge in [-0.15, -0.1) is 0 Å². The Hall–Kier alpha value is -2.71. The van der Waals surface area contributed by atoms with Crippen molar-refractivity contribution in [2.75, 3.05) is 18.4 Å². The van der Waals surface area contributed by atoms with Gasteiger partial charge in [0.15, 0.2) is 0 Å². The van der Waals surface area contributed by atoms with Gasteiger partial charge in [0, 0.05) is 18.3 Å². The Labute approximate surface area is 176 Å². The molecule has 0 radical (unpaired) electrons. The van der Waals surface area contributed by atoms with Gasteiger partial charge in [-0.2, -0.15) is 5.10 Å². The molecule has 1 aliphatic heterocycles. The lowest BCUT2D eigenvalue weighted by Gasteiger charge is -2.13. The summed E-state index contributed by atoms with van der Waals surface area (Å²) in [4.78, 5) is 40.4. The Morgan fingerprint density at radius 2 is 1.90 bits per heavy atom. The number of aromatic nitrogens is 2. The Morgan fingerprint density at radius 1 is 1.24 bits per heavy atom. The summed E-state index contributed by atoms with van der Waals surface area (Å²) in [5, 5.41) is 10.0. The first-order valence-electron chi connectivity index (χ1n) is 8.86. The normalized spacial score (nSPS) is 13.4. The zero-order valence-corrected chi connectivity index (χ0v) is 17.6. The molecular formula is C19H19Cl2N5O3. The van der Waals surface area contributed by atoms with Crippen molar-refractivity contribution < 1.29 is 9.59 Å². The Morgan fingerprint density at radius 3 is 2.45 bits per heavy atom. The van der Waals surface area contributed by atoms with Crippen LogP contribution in [0.3, 0.4) is 0 Å². The van der Waals surface area contributed by atoms with Crippen molar-refractivity contribution in [3.63, 3.8) is 0 Å². The van der Waals surface area contributed by atoms with E-state index in [-0.39, 0.29) is 51.8 Å². The fourth-order valence-corrected chi connectivity index (χ4v) is 3.53. The Kier molecular flexibility index (Phi) is 6.04. The zero-order chi connectivity index (χ0) is 21.3.